The van der Waals surface area contributed by atoms with Crippen molar-refractivity contribution in [1.29, 1.82) is 0 Å². The highest BCUT2D eigenvalue weighted by Gasteiger charge is 2.42. The van der Waals surface area contributed by atoms with E-state index >= 15 is 0 Å². The van der Waals surface area contributed by atoms with Gasteiger partial charge in [-0.25, -0.2) is 0 Å². The van der Waals surface area contributed by atoms with Crippen LogP contribution in [0.3, 0.4) is 0 Å². The van der Waals surface area contributed by atoms with Crippen LogP contribution >= 0.6 is 11.6 Å². The largest absolute Gasteiger partial charge is 0.322 e. The number of amides is 1. The van der Waals surface area contributed by atoms with Gasteiger partial charge >= 0.3 is 5.37 Å². The Morgan fingerprint density at radius 2 is 1.83 bits per heavy atom. The monoisotopic (exact) mass is 187 g/mol. The number of carbonyl (C=O) groups excluding carboxylic acids is 2. The van der Waals surface area contributed by atoms with Crippen molar-refractivity contribution in [1.82, 2.24) is 4.90 Å². The lowest BCUT2D eigenvalue weighted by molar-refractivity contribution is -0.122. The topological polar surface area (TPSA) is 37.4 Å². The van der Waals surface area contributed by atoms with Crippen molar-refractivity contribution < 1.29 is 9.59 Å². The molecule has 0 radical (unpaired) electrons. The summed E-state index contributed by atoms with van der Waals surface area (Å²) in [5, 5.41) is -0.394. The number of halogens is 1. The molecule has 12 heavy (non-hydrogen) atoms. The van der Waals surface area contributed by atoms with Gasteiger partial charge in [0.15, 0.2) is 0 Å². The summed E-state index contributed by atoms with van der Waals surface area (Å²) >= 11 is 5.41. The number of rotatable bonds is 0. The molecule has 2 atom stereocenters. The van der Waals surface area contributed by atoms with Gasteiger partial charge in [0.1, 0.15) is 5.78 Å². The summed E-state index contributed by atoms with van der Waals surface area (Å²) in [6, 6.07) is 0.197. The minimum atomic E-state index is -0.394. The van der Waals surface area contributed by atoms with Crippen molar-refractivity contribution in [2.24, 2.45) is 0 Å². The maximum atomic E-state index is 11.1. The molecule has 0 aliphatic carbocycles. The molecule has 0 aromatic carbocycles. The molecule has 0 N–H and O–H groups in total. The van der Waals surface area contributed by atoms with E-state index < -0.39 is 5.37 Å². The van der Waals surface area contributed by atoms with Crippen LogP contribution < -0.4 is 0 Å². The van der Waals surface area contributed by atoms with Crippen molar-refractivity contribution in [3.05, 3.63) is 0 Å². The first-order chi connectivity index (χ1) is 5.68. The van der Waals surface area contributed by atoms with Crippen molar-refractivity contribution in [2.45, 2.75) is 37.8 Å². The Hall–Kier alpha value is -0.570. The Balaban J connectivity index is 2.19. The van der Waals surface area contributed by atoms with Crippen molar-refractivity contribution in [3.8, 4) is 0 Å². The van der Waals surface area contributed by atoms with E-state index in [1.165, 1.54) is 0 Å². The van der Waals surface area contributed by atoms with Gasteiger partial charge in [-0.15, -0.1) is 0 Å². The highest BCUT2D eigenvalue weighted by Crippen LogP contribution is 2.34. The van der Waals surface area contributed by atoms with Crippen LogP contribution in [0.5, 0.6) is 0 Å². The van der Waals surface area contributed by atoms with E-state index in [2.05, 4.69) is 0 Å². The molecule has 2 heterocycles. The Kier molecular flexibility index (Phi) is 1.83. The van der Waals surface area contributed by atoms with Crippen LogP contribution in [-0.2, 0) is 4.79 Å². The Morgan fingerprint density at radius 3 is 2.25 bits per heavy atom. The van der Waals surface area contributed by atoms with Crippen LogP contribution in [0.1, 0.15) is 25.7 Å². The zero-order chi connectivity index (χ0) is 8.72. The van der Waals surface area contributed by atoms with Gasteiger partial charge in [-0.2, -0.15) is 0 Å². The third-order valence-electron chi connectivity index (χ3n) is 2.75. The summed E-state index contributed by atoms with van der Waals surface area (Å²) in [4.78, 5) is 23.7. The number of hydrogen-bond donors (Lipinski definition) is 0. The number of carbonyl (C=O) groups is 2. The van der Waals surface area contributed by atoms with Gasteiger partial charge in [0.05, 0.1) is 0 Å². The summed E-state index contributed by atoms with van der Waals surface area (Å²) in [5.41, 5.74) is 0. The first-order valence-corrected chi connectivity index (χ1v) is 4.56. The Labute approximate surface area is 75.7 Å². The van der Waals surface area contributed by atoms with Crippen molar-refractivity contribution in [3.63, 3.8) is 0 Å². The first kappa shape index (κ1) is 8.05. The number of fused-ring (bicyclic) bond motifs is 2. The van der Waals surface area contributed by atoms with Crippen LogP contribution in [0.2, 0.25) is 0 Å². The molecule has 0 saturated carbocycles. The van der Waals surface area contributed by atoms with Gasteiger partial charge < -0.3 is 4.90 Å². The highest BCUT2D eigenvalue weighted by atomic mass is 35.5. The average molecular weight is 188 g/mol. The number of Topliss-reactive ketones (excluding diaryl/α,β-unsaturated/α-hetero) is 1. The fourth-order valence-electron chi connectivity index (χ4n) is 2.26. The molecule has 0 aromatic rings. The van der Waals surface area contributed by atoms with Crippen molar-refractivity contribution in [2.75, 3.05) is 0 Å². The molecule has 1 amide bonds. The number of nitrogens with zero attached hydrogens (tertiary/aromatic N) is 1. The summed E-state index contributed by atoms with van der Waals surface area (Å²) in [7, 11) is 0. The zero-order valence-corrected chi connectivity index (χ0v) is 7.38. The fourth-order valence-corrected chi connectivity index (χ4v) is 2.53. The Morgan fingerprint density at radius 1 is 1.33 bits per heavy atom. The van der Waals surface area contributed by atoms with Gasteiger partial charge in [-0.05, 0) is 24.4 Å². The van der Waals surface area contributed by atoms with Gasteiger partial charge in [-0.3, -0.25) is 9.59 Å². The maximum Gasteiger partial charge on any atom is 0.316 e. The third-order valence-corrected chi connectivity index (χ3v) is 2.94. The Bertz CT molecular complexity index is 225. The predicted molar refractivity (Wildman–Crippen MR) is 44.1 cm³/mol. The molecule has 2 aliphatic rings. The molecule has 0 aromatic heterocycles. The summed E-state index contributed by atoms with van der Waals surface area (Å²) in [6.07, 6.45) is 2.90. The lowest BCUT2D eigenvalue weighted by Crippen LogP contribution is -2.44. The smallest absolute Gasteiger partial charge is 0.316 e. The van der Waals surface area contributed by atoms with E-state index in [9.17, 15) is 9.59 Å². The molecule has 66 valence electrons. The predicted octanol–water partition coefficient (Wildman–Crippen LogP) is 1.54. The van der Waals surface area contributed by atoms with Gasteiger partial charge in [0, 0.05) is 24.9 Å². The number of hydrogen-bond acceptors (Lipinski definition) is 2. The standard InChI is InChI=1S/C8H10ClNO2/c9-8(12)10-5-1-2-6(10)4-7(11)3-5/h5-6H,1-4H2. The molecule has 0 spiro atoms. The lowest BCUT2D eigenvalue weighted by atomic mass is 10.0. The van der Waals surface area contributed by atoms with Crippen LogP contribution in [0, 0.1) is 0 Å². The van der Waals surface area contributed by atoms with E-state index in [-0.39, 0.29) is 17.9 Å². The molecule has 2 fully saturated rings. The van der Waals surface area contributed by atoms with Crippen LogP contribution in [0.25, 0.3) is 0 Å². The SMILES string of the molecule is O=C1CC2CCC(C1)N2C(=O)Cl. The molecular formula is C8H10ClNO2. The number of piperidine rings is 1. The molecule has 2 aliphatic heterocycles. The lowest BCUT2D eigenvalue weighted by Gasteiger charge is -2.31. The van der Waals surface area contributed by atoms with E-state index in [0.717, 1.165) is 12.8 Å². The second-order valence-corrected chi connectivity index (χ2v) is 3.82. The minimum absolute atomic E-state index is 0.0984. The molecule has 2 rings (SSSR count). The molecule has 2 bridgehead atoms. The maximum absolute atomic E-state index is 11.1. The zero-order valence-electron chi connectivity index (χ0n) is 6.62. The van der Waals surface area contributed by atoms with Crippen molar-refractivity contribution >= 4 is 22.8 Å². The van der Waals surface area contributed by atoms with Gasteiger partial charge in [0.2, 0.25) is 0 Å². The summed E-state index contributed by atoms with van der Waals surface area (Å²) in [5.74, 6) is 0.275. The third kappa shape index (κ3) is 1.12. The van der Waals surface area contributed by atoms with E-state index in [1.807, 2.05) is 0 Å². The summed E-state index contributed by atoms with van der Waals surface area (Å²) < 4.78 is 0. The first-order valence-electron chi connectivity index (χ1n) is 4.18. The molecule has 3 nitrogen and oxygen atoms in total. The molecule has 4 heteroatoms. The average Bonchev–Trinajstić information content (AvgIpc) is 2.24. The van der Waals surface area contributed by atoms with E-state index in [4.69, 9.17) is 11.6 Å². The van der Waals surface area contributed by atoms with Gasteiger partial charge in [-0.1, -0.05) is 0 Å². The quantitative estimate of drug-likeness (QED) is 0.426. The van der Waals surface area contributed by atoms with Crippen LogP contribution in [0.15, 0.2) is 0 Å². The molecule has 2 saturated heterocycles. The van der Waals surface area contributed by atoms with Crippen LogP contribution in [0.4, 0.5) is 4.79 Å². The number of ketones is 1. The highest BCUT2D eigenvalue weighted by molar-refractivity contribution is 6.63. The fraction of sp³-hybridized carbons (Fsp3) is 0.750. The second-order valence-electron chi connectivity index (χ2n) is 3.49. The molecule has 2 unspecified atom stereocenters. The summed E-state index contributed by atoms with van der Waals surface area (Å²) in [6.45, 7) is 0. The molecular weight excluding hydrogens is 178 g/mol. The second kappa shape index (κ2) is 2.73. The van der Waals surface area contributed by atoms with E-state index in [1.54, 1.807) is 4.90 Å². The van der Waals surface area contributed by atoms with Crippen LogP contribution in [-0.4, -0.2) is 28.1 Å². The minimum Gasteiger partial charge on any atom is -0.322 e. The normalized spacial score (nSPS) is 34.1. The van der Waals surface area contributed by atoms with E-state index in [0.29, 0.717) is 12.8 Å². The van der Waals surface area contributed by atoms with Gasteiger partial charge in [0.25, 0.3) is 0 Å².